The summed E-state index contributed by atoms with van der Waals surface area (Å²) in [6.45, 7) is 0. The number of hydrogen-bond acceptors (Lipinski definition) is 2. The molecule has 0 fully saturated rings. The minimum absolute atomic E-state index is 0.194. The Balaban J connectivity index is 1.20. The van der Waals surface area contributed by atoms with Crippen LogP contribution in [0.15, 0.2) is 146 Å². The van der Waals surface area contributed by atoms with Crippen LogP contribution < -0.4 is 10.6 Å². The molecule has 0 bridgehead atoms. The van der Waals surface area contributed by atoms with Gasteiger partial charge in [0.1, 0.15) is 0 Å². The van der Waals surface area contributed by atoms with Crippen molar-refractivity contribution in [3.8, 4) is 22.3 Å². The molecule has 0 radical (unpaired) electrons. The van der Waals surface area contributed by atoms with Crippen molar-refractivity contribution in [1.82, 2.24) is 0 Å². The van der Waals surface area contributed by atoms with Gasteiger partial charge in [-0.25, -0.2) is 0 Å². The molecule has 0 saturated heterocycles. The second kappa shape index (κ2) is 11.1. The van der Waals surface area contributed by atoms with Crippen molar-refractivity contribution in [1.29, 1.82) is 0 Å². The van der Waals surface area contributed by atoms with Crippen LogP contribution >= 0.6 is 0 Å². The van der Waals surface area contributed by atoms with E-state index in [4.69, 9.17) is 0 Å². The summed E-state index contributed by atoms with van der Waals surface area (Å²) in [6.07, 6.45) is 0. The summed E-state index contributed by atoms with van der Waals surface area (Å²) in [5.74, 6) is -0.389. The van der Waals surface area contributed by atoms with Gasteiger partial charge in [-0.3, -0.25) is 9.59 Å². The van der Waals surface area contributed by atoms with Crippen molar-refractivity contribution >= 4 is 34.0 Å². The summed E-state index contributed by atoms with van der Waals surface area (Å²) < 4.78 is 0. The van der Waals surface area contributed by atoms with Crippen LogP contribution in [0.25, 0.3) is 33.0 Å². The zero-order valence-corrected chi connectivity index (χ0v) is 21.7. The van der Waals surface area contributed by atoms with Gasteiger partial charge < -0.3 is 10.6 Å². The van der Waals surface area contributed by atoms with Gasteiger partial charge in [0.05, 0.1) is 0 Å². The van der Waals surface area contributed by atoms with Crippen LogP contribution in [0.2, 0.25) is 0 Å². The molecule has 6 rings (SSSR count). The first kappa shape index (κ1) is 24.8. The van der Waals surface area contributed by atoms with Crippen molar-refractivity contribution in [3.63, 3.8) is 0 Å². The summed E-state index contributed by atoms with van der Waals surface area (Å²) in [7, 11) is 0. The maximum Gasteiger partial charge on any atom is 0.255 e. The van der Waals surface area contributed by atoms with Crippen molar-refractivity contribution in [2.45, 2.75) is 0 Å². The highest BCUT2D eigenvalue weighted by atomic mass is 16.2. The molecule has 0 aliphatic rings. The largest absolute Gasteiger partial charge is 0.321 e. The molecule has 0 saturated carbocycles. The fourth-order valence-corrected chi connectivity index (χ4v) is 4.81. The van der Waals surface area contributed by atoms with Gasteiger partial charge in [-0.15, -0.1) is 0 Å². The van der Waals surface area contributed by atoms with Crippen LogP contribution in [-0.4, -0.2) is 11.8 Å². The van der Waals surface area contributed by atoms with Gasteiger partial charge in [-0.05, 0) is 58.7 Å². The van der Waals surface area contributed by atoms with Crippen LogP contribution in [0.5, 0.6) is 0 Å². The molecule has 2 N–H and O–H groups in total. The lowest BCUT2D eigenvalue weighted by molar-refractivity contribution is 0.101. The third-order valence-electron chi connectivity index (χ3n) is 6.93. The number of nitrogens with one attached hydrogen (secondary N) is 2. The van der Waals surface area contributed by atoms with Crippen LogP contribution in [-0.2, 0) is 0 Å². The minimum Gasteiger partial charge on any atom is -0.321 e. The molecule has 40 heavy (non-hydrogen) atoms. The first-order chi connectivity index (χ1) is 19.7. The van der Waals surface area contributed by atoms with E-state index in [-0.39, 0.29) is 11.8 Å². The van der Waals surface area contributed by atoms with E-state index in [2.05, 4.69) is 10.6 Å². The average molecular weight is 519 g/mol. The van der Waals surface area contributed by atoms with Crippen LogP contribution in [0.4, 0.5) is 11.4 Å². The molecule has 0 atom stereocenters. The number of fused-ring (bicyclic) bond motifs is 1. The topological polar surface area (TPSA) is 58.2 Å². The lowest BCUT2D eigenvalue weighted by atomic mass is 10.0. The smallest absolute Gasteiger partial charge is 0.255 e. The van der Waals surface area contributed by atoms with E-state index in [1.807, 2.05) is 146 Å². The summed E-state index contributed by atoms with van der Waals surface area (Å²) in [4.78, 5) is 26.2. The fraction of sp³-hybridized carbons (Fsp3) is 0. The molecular weight excluding hydrogens is 492 g/mol. The molecule has 0 aliphatic heterocycles. The average Bonchev–Trinajstić information content (AvgIpc) is 3.02. The molecule has 6 aromatic rings. The molecule has 0 aromatic heterocycles. The minimum atomic E-state index is -0.194. The predicted octanol–water partition coefficient (Wildman–Crippen LogP) is 8.68. The Morgan fingerprint density at radius 1 is 0.350 bits per heavy atom. The normalized spacial score (nSPS) is 10.7. The lowest BCUT2D eigenvalue weighted by Crippen LogP contribution is -2.13. The summed E-state index contributed by atoms with van der Waals surface area (Å²) in [5.41, 5.74) is 6.81. The molecule has 2 amide bonds. The highest BCUT2D eigenvalue weighted by molar-refractivity contribution is 6.14. The molecule has 192 valence electrons. The highest BCUT2D eigenvalue weighted by Gasteiger charge is 2.13. The Labute approximate surface area is 232 Å². The van der Waals surface area contributed by atoms with Gasteiger partial charge in [0.2, 0.25) is 0 Å². The molecule has 0 spiro atoms. The zero-order chi connectivity index (χ0) is 27.3. The number of rotatable bonds is 6. The number of benzene rings is 6. The molecule has 6 aromatic carbocycles. The number of anilines is 2. The number of carbonyl (C=O) groups excluding carboxylic acids is 2. The Kier molecular flexibility index (Phi) is 6.89. The van der Waals surface area contributed by atoms with E-state index in [0.29, 0.717) is 22.5 Å². The van der Waals surface area contributed by atoms with E-state index in [9.17, 15) is 9.59 Å². The van der Waals surface area contributed by atoms with E-state index in [1.165, 1.54) is 0 Å². The monoisotopic (exact) mass is 518 g/mol. The summed E-state index contributed by atoms with van der Waals surface area (Å²) >= 11 is 0. The van der Waals surface area contributed by atoms with Crippen LogP contribution in [0.1, 0.15) is 20.7 Å². The first-order valence-electron chi connectivity index (χ1n) is 13.1. The Morgan fingerprint density at radius 2 is 0.700 bits per heavy atom. The van der Waals surface area contributed by atoms with Crippen molar-refractivity contribution < 1.29 is 9.59 Å². The maximum atomic E-state index is 13.1. The highest BCUT2D eigenvalue weighted by Crippen LogP contribution is 2.30. The quantitative estimate of drug-likeness (QED) is 0.232. The molecular formula is C36H26N2O2. The van der Waals surface area contributed by atoms with Crippen molar-refractivity contribution in [3.05, 3.63) is 157 Å². The Hall–Kier alpha value is -5.48. The molecule has 0 heterocycles. The van der Waals surface area contributed by atoms with Crippen molar-refractivity contribution in [2.75, 3.05) is 10.6 Å². The third kappa shape index (κ3) is 5.24. The third-order valence-corrected chi connectivity index (χ3v) is 6.93. The van der Waals surface area contributed by atoms with E-state index in [1.54, 1.807) is 0 Å². The number of hydrogen-bond donors (Lipinski definition) is 2. The first-order valence-corrected chi connectivity index (χ1v) is 13.1. The summed E-state index contributed by atoms with van der Waals surface area (Å²) in [5, 5.41) is 7.77. The Morgan fingerprint density at radius 3 is 1.07 bits per heavy atom. The van der Waals surface area contributed by atoms with Crippen molar-refractivity contribution in [2.24, 2.45) is 0 Å². The predicted molar refractivity (Wildman–Crippen MR) is 164 cm³/mol. The lowest BCUT2D eigenvalue weighted by Gasteiger charge is -2.13. The van der Waals surface area contributed by atoms with Gasteiger partial charge in [-0.1, -0.05) is 109 Å². The van der Waals surface area contributed by atoms with E-state index < -0.39 is 0 Å². The maximum absolute atomic E-state index is 13.1. The van der Waals surface area contributed by atoms with Gasteiger partial charge >= 0.3 is 0 Å². The van der Waals surface area contributed by atoms with Gasteiger partial charge in [-0.2, -0.15) is 0 Å². The zero-order valence-electron chi connectivity index (χ0n) is 21.7. The number of carbonyl (C=O) groups is 2. The summed E-state index contributed by atoms with van der Waals surface area (Å²) in [6, 6.07) is 46.6. The van der Waals surface area contributed by atoms with Gasteiger partial charge in [0.15, 0.2) is 0 Å². The fourth-order valence-electron chi connectivity index (χ4n) is 4.81. The molecule has 0 aliphatic carbocycles. The SMILES string of the molecule is O=C(Nc1cccc2c(NC(=O)c3ccc(-c4ccccc4)cc3)cccc12)c1ccc(-c2ccccc2)cc1. The molecule has 4 nitrogen and oxygen atoms in total. The second-order valence-electron chi connectivity index (χ2n) is 9.50. The standard InChI is InChI=1S/C36H26N2O2/c39-35(29-21-17-27(18-22-29)25-9-3-1-4-10-25)37-33-15-7-14-32-31(33)13-8-16-34(32)38-36(40)30-23-19-28(20-24-30)26-11-5-2-6-12-26/h1-24H,(H,37,39)(H,38,40). The number of amides is 2. The molecule has 4 heteroatoms. The second-order valence-corrected chi connectivity index (χ2v) is 9.50. The Bertz CT molecular complexity index is 1660. The van der Waals surface area contributed by atoms with E-state index in [0.717, 1.165) is 33.0 Å². The van der Waals surface area contributed by atoms with Gasteiger partial charge in [0, 0.05) is 33.3 Å². The van der Waals surface area contributed by atoms with E-state index >= 15 is 0 Å². The van der Waals surface area contributed by atoms with Gasteiger partial charge in [0.25, 0.3) is 11.8 Å². The molecule has 0 unspecified atom stereocenters. The van der Waals surface area contributed by atoms with Crippen LogP contribution in [0.3, 0.4) is 0 Å². The van der Waals surface area contributed by atoms with Crippen LogP contribution in [0, 0.1) is 0 Å².